The van der Waals surface area contributed by atoms with Crippen LogP contribution >= 0.6 is 0 Å². The summed E-state index contributed by atoms with van der Waals surface area (Å²) in [4.78, 5) is 0.0787. The summed E-state index contributed by atoms with van der Waals surface area (Å²) in [6.07, 6.45) is 4.54. The summed E-state index contributed by atoms with van der Waals surface area (Å²) in [5, 5.41) is 0. The third-order valence-corrected chi connectivity index (χ3v) is 2.29. The lowest BCUT2D eigenvalue weighted by atomic mass is 10.6. The highest BCUT2D eigenvalue weighted by Crippen LogP contribution is 2.11. The summed E-state index contributed by atoms with van der Waals surface area (Å²) in [5.74, 6) is 0. The first-order valence-corrected chi connectivity index (χ1v) is 4.01. The Morgan fingerprint density at radius 3 is 2.70 bits per heavy atom. The molecule has 3 nitrogen and oxygen atoms in total. The largest absolute Gasteiger partial charge is 0.304 e. The summed E-state index contributed by atoms with van der Waals surface area (Å²) < 4.78 is 25.8. The molecule has 1 aliphatic carbocycles. The minimum absolute atomic E-state index is 0.0787. The quantitative estimate of drug-likeness (QED) is 0.436. The highest BCUT2D eigenvalue weighted by atomic mass is 32.2. The van der Waals surface area contributed by atoms with Gasteiger partial charge in [-0.1, -0.05) is 11.8 Å². The molecule has 4 heteroatoms. The van der Waals surface area contributed by atoms with Gasteiger partial charge in [-0.2, -0.15) is 8.42 Å². The molecule has 0 unspecified atom stereocenters. The van der Waals surface area contributed by atoms with Crippen molar-refractivity contribution in [3.8, 4) is 0 Å². The molecule has 0 aromatic carbocycles. The van der Waals surface area contributed by atoms with Crippen molar-refractivity contribution in [3.63, 3.8) is 0 Å². The average molecular weight is 158 g/mol. The first-order valence-electron chi connectivity index (χ1n) is 2.61. The minimum atomic E-state index is -3.51. The Bertz CT molecular complexity index is 315. The number of allylic oxidation sites excluding steroid dienone is 2. The van der Waals surface area contributed by atoms with E-state index in [0.717, 1.165) is 7.11 Å². The summed E-state index contributed by atoms with van der Waals surface area (Å²) in [7, 11) is -2.39. The van der Waals surface area contributed by atoms with E-state index in [1.807, 2.05) is 0 Å². The fourth-order valence-electron chi connectivity index (χ4n) is 0.559. The van der Waals surface area contributed by atoms with Gasteiger partial charge in [-0.05, 0) is 12.2 Å². The molecule has 0 aromatic rings. The fraction of sp³-hybridized carbons (Fsp3) is 0.167. The van der Waals surface area contributed by atoms with Gasteiger partial charge in [0.1, 0.15) is 4.91 Å². The first-order chi connectivity index (χ1) is 4.67. The molecule has 1 rings (SSSR count). The monoisotopic (exact) mass is 158 g/mol. The molecule has 1 aliphatic rings. The van der Waals surface area contributed by atoms with Gasteiger partial charge in [0.05, 0.1) is 7.11 Å². The third-order valence-electron chi connectivity index (χ3n) is 1.06. The molecule has 0 fully saturated rings. The molecule has 0 aliphatic heterocycles. The maximum Gasteiger partial charge on any atom is 0.304 e. The molecule has 0 heterocycles. The van der Waals surface area contributed by atoms with Crippen LogP contribution in [0.4, 0.5) is 0 Å². The highest BCUT2D eigenvalue weighted by molar-refractivity contribution is 7.90. The Hall–Kier alpha value is -0.830. The molecular formula is C6H6O3S. The van der Waals surface area contributed by atoms with Crippen LogP contribution in [-0.4, -0.2) is 15.5 Å². The lowest BCUT2D eigenvalue weighted by Crippen LogP contribution is -2.01. The van der Waals surface area contributed by atoms with Crippen LogP contribution in [0.2, 0.25) is 0 Å². The van der Waals surface area contributed by atoms with Crippen molar-refractivity contribution in [2.75, 3.05) is 7.11 Å². The summed E-state index contributed by atoms with van der Waals surface area (Å²) >= 11 is 0. The van der Waals surface area contributed by atoms with Crippen molar-refractivity contribution in [1.82, 2.24) is 0 Å². The van der Waals surface area contributed by atoms with Gasteiger partial charge >= 0.3 is 10.1 Å². The Balaban J connectivity index is 3.08. The SMILES string of the molecule is COS(=O)(=O)C1=C=CC=C1. The molecule has 0 saturated carbocycles. The van der Waals surface area contributed by atoms with Gasteiger partial charge in [0, 0.05) is 0 Å². The topological polar surface area (TPSA) is 43.4 Å². The number of hydrogen-bond donors (Lipinski definition) is 0. The third kappa shape index (κ3) is 1.19. The summed E-state index contributed by atoms with van der Waals surface area (Å²) in [6, 6.07) is 0. The Kier molecular flexibility index (Phi) is 1.76. The van der Waals surface area contributed by atoms with E-state index in [1.165, 1.54) is 12.2 Å². The second-order valence-corrected chi connectivity index (χ2v) is 3.34. The van der Waals surface area contributed by atoms with Crippen molar-refractivity contribution < 1.29 is 12.6 Å². The van der Waals surface area contributed by atoms with Crippen molar-refractivity contribution in [1.29, 1.82) is 0 Å². The van der Waals surface area contributed by atoms with Crippen LogP contribution in [0.3, 0.4) is 0 Å². The molecule has 0 radical (unpaired) electrons. The van der Waals surface area contributed by atoms with Crippen LogP contribution < -0.4 is 0 Å². The molecule has 0 spiro atoms. The van der Waals surface area contributed by atoms with E-state index >= 15 is 0 Å². The minimum Gasteiger partial charge on any atom is -0.269 e. The normalized spacial score (nSPS) is 15.9. The zero-order valence-electron chi connectivity index (χ0n) is 5.37. The molecule has 0 atom stereocenters. The van der Waals surface area contributed by atoms with E-state index in [4.69, 9.17) is 0 Å². The first kappa shape index (κ1) is 7.28. The van der Waals surface area contributed by atoms with Gasteiger partial charge in [0.25, 0.3) is 0 Å². The standard InChI is InChI=1S/C6H6O3S/c1-9-10(7,8)6-4-2-3-5-6/h2-4H,1H3. The maximum absolute atomic E-state index is 10.8. The van der Waals surface area contributed by atoms with Crippen LogP contribution in [0, 0.1) is 0 Å². The highest BCUT2D eigenvalue weighted by Gasteiger charge is 2.13. The Labute approximate surface area is 59.4 Å². The lowest BCUT2D eigenvalue weighted by Gasteiger charge is -1.95. The van der Waals surface area contributed by atoms with Gasteiger partial charge in [0.15, 0.2) is 0 Å². The number of hydrogen-bond acceptors (Lipinski definition) is 3. The second-order valence-electron chi connectivity index (χ2n) is 1.66. The predicted octanol–water partition coefficient (Wildman–Crippen LogP) is 0.571. The molecule has 10 heavy (non-hydrogen) atoms. The van der Waals surface area contributed by atoms with E-state index in [1.54, 1.807) is 6.08 Å². The lowest BCUT2D eigenvalue weighted by molar-refractivity contribution is 0.404. The summed E-state index contributed by atoms with van der Waals surface area (Å²) in [5.41, 5.74) is 2.52. The van der Waals surface area contributed by atoms with E-state index in [9.17, 15) is 8.42 Å². The molecular weight excluding hydrogens is 152 g/mol. The van der Waals surface area contributed by atoms with Crippen LogP contribution in [0.15, 0.2) is 28.9 Å². The van der Waals surface area contributed by atoms with Crippen LogP contribution in [0.1, 0.15) is 0 Å². The molecule has 0 aromatic heterocycles. The Morgan fingerprint density at radius 2 is 2.30 bits per heavy atom. The van der Waals surface area contributed by atoms with Gasteiger partial charge in [-0.15, -0.1) is 0 Å². The average Bonchev–Trinajstić information content (AvgIpc) is 2.38. The zero-order valence-corrected chi connectivity index (χ0v) is 6.18. The van der Waals surface area contributed by atoms with Gasteiger partial charge in [-0.25, -0.2) is 0 Å². The van der Waals surface area contributed by atoms with E-state index in [0.29, 0.717) is 0 Å². The van der Waals surface area contributed by atoms with Crippen molar-refractivity contribution in [2.45, 2.75) is 0 Å². The van der Waals surface area contributed by atoms with Gasteiger partial charge in [0.2, 0.25) is 0 Å². The Morgan fingerprint density at radius 1 is 1.60 bits per heavy atom. The fourth-order valence-corrected chi connectivity index (χ4v) is 1.20. The molecule has 0 amide bonds. The van der Waals surface area contributed by atoms with Crippen LogP contribution in [-0.2, 0) is 14.3 Å². The van der Waals surface area contributed by atoms with E-state index in [2.05, 4.69) is 9.91 Å². The number of rotatable bonds is 2. The molecule has 0 N–H and O–H groups in total. The van der Waals surface area contributed by atoms with Crippen molar-refractivity contribution in [3.05, 3.63) is 28.9 Å². The van der Waals surface area contributed by atoms with E-state index in [-0.39, 0.29) is 4.91 Å². The zero-order chi connectivity index (χ0) is 7.61. The van der Waals surface area contributed by atoms with E-state index < -0.39 is 10.1 Å². The second kappa shape index (κ2) is 2.42. The molecule has 0 saturated heterocycles. The van der Waals surface area contributed by atoms with Crippen molar-refractivity contribution >= 4 is 10.1 Å². The van der Waals surface area contributed by atoms with Gasteiger partial charge < -0.3 is 0 Å². The van der Waals surface area contributed by atoms with Crippen LogP contribution in [0.25, 0.3) is 0 Å². The smallest absolute Gasteiger partial charge is 0.269 e. The predicted molar refractivity (Wildman–Crippen MR) is 36.7 cm³/mol. The summed E-state index contributed by atoms with van der Waals surface area (Å²) in [6.45, 7) is 0. The van der Waals surface area contributed by atoms with Gasteiger partial charge in [-0.3, -0.25) is 4.18 Å². The maximum atomic E-state index is 10.8. The van der Waals surface area contributed by atoms with Crippen molar-refractivity contribution in [2.24, 2.45) is 0 Å². The molecule has 0 bridgehead atoms. The molecule has 54 valence electrons. The van der Waals surface area contributed by atoms with Crippen LogP contribution in [0.5, 0.6) is 0 Å².